The second kappa shape index (κ2) is 7.38. The number of nitrogens with one attached hydrogen (secondary N) is 1. The van der Waals surface area contributed by atoms with Crippen LogP contribution in [0.3, 0.4) is 0 Å². The topological polar surface area (TPSA) is 105 Å². The number of aliphatic hydroxyl groups excluding tert-OH is 1. The van der Waals surface area contributed by atoms with Crippen LogP contribution in [0.1, 0.15) is 42.4 Å². The van der Waals surface area contributed by atoms with Crippen LogP contribution < -0.4 is 10.2 Å². The summed E-state index contributed by atoms with van der Waals surface area (Å²) in [6.07, 6.45) is 2.63. The number of nitrogens with zero attached hydrogens (tertiary/aromatic N) is 5. The second-order valence-corrected chi connectivity index (χ2v) is 8.30. The Kier molecular flexibility index (Phi) is 5.04. The van der Waals surface area contributed by atoms with Gasteiger partial charge in [0.25, 0.3) is 5.91 Å². The third kappa shape index (κ3) is 3.60. The highest BCUT2D eigenvalue weighted by atomic mass is 16.5. The lowest BCUT2D eigenvalue weighted by Gasteiger charge is -2.53. The van der Waals surface area contributed by atoms with E-state index >= 15 is 0 Å². The van der Waals surface area contributed by atoms with Gasteiger partial charge in [0.05, 0.1) is 16.8 Å². The van der Waals surface area contributed by atoms with E-state index < -0.39 is 17.2 Å². The van der Waals surface area contributed by atoms with E-state index in [-0.39, 0.29) is 5.91 Å². The molecule has 2 N–H and O–H groups in total. The largest absolute Gasteiger partial charge is 0.388 e. The minimum atomic E-state index is -0.813. The Bertz CT molecular complexity index is 875. The Balaban J connectivity index is 1.47. The van der Waals surface area contributed by atoms with Crippen LogP contribution in [0.2, 0.25) is 0 Å². The van der Waals surface area contributed by atoms with Gasteiger partial charge in [0.1, 0.15) is 11.8 Å². The van der Waals surface area contributed by atoms with Crippen LogP contribution in [0.25, 0.3) is 0 Å². The van der Waals surface area contributed by atoms with Crippen molar-refractivity contribution in [2.75, 3.05) is 24.6 Å². The van der Waals surface area contributed by atoms with Gasteiger partial charge in [-0.3, -0.25) is 9.48 Å². The molecule has 9 nitrogen and oxygen atoms in total. The van der Waals surface area contributed by atoms with E-state index in [0.29, 0.717) is 44.7 Å². The van der Waals surface area contributed by atoms with Crippen LogP contribution in [0, 0.1) is 6.92 Å². The summed E-state index contributed by atoms with van der Waals surface area (Å²) in [4.78, 5) is 14.9. The number of aromatic nitrogens is 4. The summed E-state index contributed by atoms with van der Waals surface area (Å²) in [5.74, 6) is 0.596. The molecule has 0 unspecified atom stereocenters. The van der Waals surface area contributed by atoms with Gasteiger partial charge in [-0.2, -0.15) is 10.2 Å². The zero-order valence-corrected chi connectivity index (χ0v) is 17.1. The first kappa shape index (κ1) is 19.8. The fraction of sp³-hybridized carbons (Fsp3) is 0.600. The Morgan fingerprint density at radius 3 is 2.62 bits per heavy atom. The molecule has 4 rings (SSSR count). The second-order valence-electron chi connectivity index (χ2n) is 8.30. The van der Waals surface area contributed by atoms with Crippen LogP contribution in [0.5, 0.6) is 0 Å². The molecule has 0 bridgehead atoms. The predicted molar refractivity (Wildman–Crippen MR) is 107 cm³/mol. The molecule has 2 fully saturated rings. The third-order valence-corrected chi connectivity index (χ3v) is 6.28. The van der Waals surface area contributed by atoms with E-state index in [4.69, 9.17) is 4.74 Å². The molecule has 1 amide bonds. The van der Waals surface area contributed by atoms with Gasteiger partial charge < -0.3 is 20.1 Å². The van der Waals surface area contributed by atoms with Gasteiger partial charge in [0, 0.05) is 32.9 Å². The first-order valence-electron chi connectivity index (χ1n) is 10.0. The van der Waals surface area contributed by atoms with Crippen molar-refractivity contribution in [3.8, 4) is 0 Å². The number of amides is 1. The van der Waals surface area contributed by atoms with E-state index in [1.807, 2.05) is 26.0 Å². The summed E-state index contributed by atoms with van der Waals surface area (Å²) < 4.78 is 7.66. The number of hydrogen-bond donors (Lipinski definition) is 2. The molecular weight excluding hydrogens is 372 g/mol. The minimum absolute atomic E-state index is 0.240. The Morgan fingerprint density at radius 1 is 1.24 bits per heavy atom. The smallest absolute Gasteiger partial charge is 0.270 e. The highest BCUT2D eigenvalue weighted by molar-refractivity contribution is 5.93. The lowest BCUT2D eigenvalue weighted by atomic mass is 9.73. The number of anilines is 1. The molecule has 0 radical (unpaired) electrons. The standard InChI is InChI=1S/C20H28N6O3/c1-14-4-5-16(24-23-14)26-11-7-20(8-12-26)18(28)19(2,9-13-29-20)22-17(27)15-6-10-21-25(15)3/h4-6,10,18,28H,7-9,11-13H2,1-3H3,(H,22,27)/t18-,19+/m1/s1. The molecule has 2 atom stereocenters. The minimum Gasteiger partial charge on any atom is -0.388 e. The molecule has 1 spiro atoms. The average Bonchev–Trinajstić information content (AvgIpc) is 3.14. The highest BCUT2D eigenvalue weighted by Crippen LogP contribution is 2.40. The van der Waals surface area contributed by atoms with E-state index in [1.54, 1.807) is 19.3 Å². The quantitative estimate of drug-likeness (QED) is 0.786. The number of rotatable bonds is 3. The van der Waals surface area contributed by atoms with Crippen molar-refractivity contribution in [3.63, 3.8) is 0 Å². The molecule has 0 aliphatic carbocycles. The predicted octanol–water partition coefficient (Wildman–Crippen LogP) is 0.827. The van der Waals surface area contributed by atoms with Gasteiger partial charge in [-0.15, -0.1) is 5.10 Å². The van der Waals surface area contributed by atoms with Gasteiger partial charge in [0.2, 0.25) is 0 Å². The van der Waals surface area contributed by atoms with Gasteiger partial charge in [-0.1, -0.05) is 0 Å². The summed E-state index contributed by atoms with van der Waals surface area (Å²) >= 11 is 0. The van der Waals surface area contributed by atoms with Gasteiger partial charge in [0.15, 0.2) is 5.82 Å². The maximum Gasteiger partial charge on any atom is 0.270 e. The number of carbonyl (C=O) groups excluding carboxylic acids is 1. The fourth-order valence-electron chi connectivity index (χ4n) is 4.41. The number of hydrogen-bond acceptors (Lipinski definition) is 7. The lowest BCUT2D eigenvalue weighted by Crippen LogP contribution is -2.69. The summed E-state index contributed by atoms with van der Waals surface area (Å²) in [6, 6.07) is 5.59. The molecule has 2 aromatic rings. The number of aliphatic hydroxyl groups is 1. The number of ether oxygens (including phenoxy) is 1. The molecule has 2 aromatic heterocycles. The van der Waals surface area contributed by atoms with E-state index in [0.717, 1.165) is 11.5 Å². The Hall–Kier alpha value is -2.52. The van der Waals surface area contributed by atoms with Crippen molar-refractivity contribution in [2.24, 2.45) is 7.05 Å². The molecule has 2 aliphatic heterocycles. The van der Waals surface area contributed by atoms with Gasteiger partial charge in [-0.05, 0) is 51.3 Å². The summed E-state index contributed by atoms with van der Waals surface area (Å²) in [5.41, 5.74) is -0.104. The van der Waals surface area contributed by atoms with Crippen molar-refractivity contribution >= 4 is 11.7 Å². The SMILES string of the molecule is Cc1ccc(N2CCC3(CC2)OCC[C@](C)(NC(=O)c2ccnn2C)[C@H]3O)nn1. The number of carbonyl (C=O) groups is 1. The van der Waals surface area contributed by atoms with Crippen molar-refractivity contribution in [1.82, 2.24) is 25.3 Å². The van der Waals surface area contributed by atoms with Gasteiger partial charge >= 0.3 is 0 Å². The number of aryl methyl sites for hydroxylation is 2. The third-order valence-electron chi connectivity index (χ3n) is 6.28. The van der Waals surface area contributed by atoms with Crippen LogP contribution in [-0.2, 0) is 11.8 Å². The molecule has 4 heterocycles. The molecule has 0 saturated carbocycles. The molecule has 9 heteroatoms. The molecule has 2 aliphatic rings. The molecular formula is C20H28N6O3. The fourth-order valence-corrected chi connectivity index (χ4v) is 4.41. The first-order valence-corrected chi connectivity index (χ1v) is 10.0. The highest BCUT2D eigenvalue weighted by Gasteiger charge is 2.54. The van der Waals surface area contributed by atoms with Crippen LogP contribution in [0.4, 0.5) is 5.82 Å². The normalized spacial score (nSPS) is 26.5. The molecule has 156 valence electrons. The number of piperidine rings is 1. The van der Waals surface area contributed by atoms with Crippen LogP contribution in [0.15, 0.2) is 24.4 Å². The maximum absolute atomic E-state index is 12.7. The average molecular weight is 400 g/mol. The molecule has 2 saturated heterocycles. The zero-order chi connectivity index (χ0) is 20.6. The maximum atomic E-state index is 12.7. The summed E-state index contributed by atoms with van der Waals surface area (Å²) in [5, 5.41) is 26.8. The monoisotopic (exact) mass is 400 g/mol. The molecule has 0 aromatic carbocycles. The molecule has 29 heavy (non-hydrogen) atoms. The van der Waals surface area contributed by atoms with Crippen molar-refractivity contribution in [1.29, 1.82) is 0 Å². The van der Waals surface area contributed by atoms with Crippen molar-refractivity contribution in [3.05, 3.63) is 35.8 Å². The van der Waals surface area contributed by atoms with E-state index in [2.05, 4.69) is 25.5 Å². The lowest BCUT2D eigenvalue weighted by molar-refractivity contribution is -0.195. The van der Waals surface area contributed by atoms with Crippen LogP contribution in [-0.4, -0.2) is 67.9 Å². The summed E-state index contributed by atoms with van der Waals surface area (Å²) in [7, 11) is 1.73. The first-order chi connectivity index (χ1) is 13.8. The van der Waals surface area contributed by atoms with E-state index in [1.165, 1.54) is 4.68 Å². The summed E-state index contributed by atoms with van der Waals surface area (Å²) in [6.45, 7) is 5.72. The van der Waals surface area contributed by atoms with Crippen molar-refractivity contribution in [2.45, 2.75) is 50.4 Å². The van der Waals surface area contributed by atoms with E-state index in [9.17, 15) is 9.90 Å². The Labute approximate surface area is 170 Å². The van der Waals surface area contributed by atoms with Crippen LogP contribution >= 0.6 is 0 Å². The van der Waals surface area contributed by atoms with Crippen molar-refractivity contribution < 1.29 is 14.6 Å². The Morgan fingerprint density at radius 2 is 2.00 bits per heavy atom. The zero-order valence-electron chi connectivity index (χ0n) is 17.1. The van der Waals surface area contributed by atoms with Gasteiger partial charge in [-0.25, -0.2) is 0 Å².